The summed E-state index contributed by atoms with van der Waals surface area (Å²) in [5, 5.41) is 2.99. The molecule has 6 heteroatoms. The van der Waals surface area contributed by atoms with Crippen molar-refractivity contribution in [3.63, 3.8) is 0 Å². The second-order valence-electron chi connectivity index (χ2n) is 9.24. The third-order valence-corrected chi connectivity index (χ3v) is 6.85. The molecule has 164 valence electrons. The second-order valence-corrected chi connectivity index (χ2v) is 9.24. The van der Waals surface area contributed by atoms with Crippen LogP contribution >= 0.6 is 0 Å². The summed E-state index contributed by atoms with van der Waals surface area (Å²) in [6, 6.07) is 12.0. The van der Waals surface area contributed by atoms with Gasteiger partial charge in [-0.1, -0.05) is 39.0 Å². The van der Waals surface area contributed by atoms with E-state index < -0.39 is 0 Å². The van der Waals surface area contributed by atoms with Crippen molar-refractivity contribution < 1.29 is 9.59 Å². The van der Waals surface area contributed by atoms with Crippen molar-refractivity contribution in [1.82, 2.24) is 14.8 Å². The molecule has 0 bridgehead atoms. The minimum atomic E-state index is -0.0619. The number of nitrogens with zero attached hydrogens (tertiary/aromatic N) is 3. The maximum atomic E-state index is 12.6. The highest BCUT2D eigenvalue weighted by Crippen LogP contribution is 2.30. The molecule has 0 saturated carbocycles. The molecule has 0 spiro atoms. The first-order valence-corrected chi connectivity index (χ1v) is 11.3. The average Bonchev–Trinajstić information content (AvgIpc) is 3.23. The fraction of sp³-hybridized carbons (Fsp3) is 0.480. The molecule has 2 unspecified atom stereocenters. The van der Waals surface area contributed by atoms with Gasteiger partial charge in [-0.2, -0.15) is 0 Å². The number of likely N-dealkylation sites (tertiary alicyclic amines) is 2. The van der Waals surface area contributed by atoms with Gasteiger partial charge in [0.1, 0.15) is 0 Å². The zero-order valence-electron chi connectivity index (χ0n) is 18.6. The van der Waals surface area contributed by atoms with Crippen molar-refractivity contribution in [2.24, 2.45) is 11.8 Å². The van der Waals surface area contributed by atoms with Crippen LogP contribution in [-0.2, 0) is 4.79 Å². The van der Waals surface area contributed by atoms with E-state index in [9.17, 15) is 9.59 Å². The number of hydrogen-bond acceptors (Lipinski definition) is 3. The quantitative estimate of drug-likeness (QED) is 0.783. The van der Waals surface area contributed by atoms with Crippen LogP contribution in [0.3, 0.4) is 0 Å². The number of carbonyl (C=O) groups is 2. The van der Waals surface area contributed by atoms with Gasteiger partial charge >= 0.3 is 6.03 Å². The van der Waals surface area contributed by atoms with Gasteiger partial charge in [0.25, 0.3) is 0 Å². The Balaban J connectivity index is 1.27. The van der Waals surface area contributed by atoms with Crippen LogP contribution in [-0.4, -0.2) is 52.9 Å². The molecule has 2 aliphatic heterocycles. The molecule has 2 saturated heterocycles. The molecule has 2 aliphatic rings. The maximum absolute atomic E-state index is 12.6. The number of rotatable bonds is 5. The van der Waals surface area contributed by atoms with Crippen LogP contribution in [0.4, 0.5) is 10.5 Å². The Bertz CT molecular complexity index is 907. The fourth-order valence-electron chi connectivity index (χ4n) is 4.32. The molecule has 0 aliphatic carbocycles. The molecular weight excluding hydrogens is 388 g/mol. The van der Waals surface area contributed by atoms with Crippen molar-refractivity contribution in [3.05, 3.63) is 59.9 Å². The Kier molecular flexibility index (Phi) is 6.25. The molecule has 3 heterocycles. The van der Waals surface area contributed by atoms with Crippen LogP contribution in [0.2, 0.25) is 0 Å². The van der Waals surface area contributed by atoms with E-state index in [2.05, 4.69) is 42.3 Å². The number of pyridine rings is 1. The third-order valence-electron chi connectivity index (χ3n) is 6.85. The average molecular weight is 421 g/mol. The van der Waals surface area contributed by atoms with Crippen molar-refractivity contribution in [2.75, 3.05) is 31.5 Å². The van der Waals surface area contributed by atoms with Crippen LogP contribution in [0.15, 0.2) is 48.8 Å². The second kappa shape index (κ2) is 9.08. The summed E-state index contributed by atoms with van der Waals surface area (Å²) in [7, 11) is 0. The van der Waals surface area contributed by atoms with Gasteiger partial charge in [0.05, 0.1) is 0 Å². The van der Waals surface area contributed by atoms with Crippen LogP contribution in [0, 0.1) is 11.8 Å². The van der Waals surface area contributed by atoms with Gasteiger partial charge in [0.15, 0.2) is 0 Å². The molecular formula is C25H32N4O2. The van der Waals surface area contributed by atoms with Gasteiger partial charge in [0, 0.05) is 62.0 Å². The topological polar surface area (TPSA) is 65.5 Å². The summed E-state index contributed by atoms with van der Waals surface area (Å²) >= 11 is 0. The number of amides is 3. The summed E-state index contributed by atoms with van der Waals surface area (Å²) in [6.45, 7) is 9.27. The highest BCUT2D eigenvalue weighted by atomic mass is 16.2. The largest absolute Gasteiger partial charge is 0.342 e. The number of hydrogen-bond donors (Lipinski definition) is 1. The van der Waals surface area contributed by atoms with E-state index in [1.165, 1.54) is 11.1 Å². The summed E-state index contributed by atoms with van der Waals surface area (Å²) in [4.78, 5) is 33.1. The Morgan fingerprint density at radius 2 is 1.68 bits per heavy atom. The Morgan fingerprint density at radius 3 is 2.32 bits per heavy atom. The number of anilines is 1. The summed E-state index contributed by atoms with van der Waals surface area (Å²) < 4.78 is 0. The van der Waals surface area contributed by atoms with Crippen LogP contribution < -0.4 is 5.32 Å². The van der Waals surface area contributed by atoms with Gasteiger partial charge in [0.2, 0.25) is 5.91 Å². The summed E-state index contributed by atoms with van der Waals surface area (Å²) in [5.41, 5.74) is 3.21. The zero-order valence-corrected chi connectivity index (χ0v) is 18.6. The maximum Gasteiger partial charge on any atom is 0.321 e. The normalized spacial score (nSPS) is 19.9. The van der Waals surface area contributed by atoms with Gasteiger partial charge in [-0.05, 0) is 41.7 Å². The highest BCUT2D eigenvalue weighted by Gasteiger charge is 2.32. The first kappa shape index (κ1) is 21.3. The predicted octanol–water partition coefficient (Wildman–Crippen LogP) is 4.32. The van der Waals surface area contributed by atoms with E-state index in [1.807, 2.05) is 41.1 Å². The molecule has 2 fully saturated rings. The Morgan fingerprint density at radius 1 is 0.968 bits per heavy atom. The first-order valence-electron chi connectivity index (χ1n) is 11.3. The van der Waals surface area contributed by atoms with Crippen molar-refractivity contribution in [2.45, 2.75) is 39.0 Å². The minimum absolute atomic E-state index is 0.0619. The smallest absolute Gasteiger partial charge is 0.321 e. The lowest BCUT2D eigenvalue weighted by molar-refractivity contribution is -0.135. The Hall–Kier alpha value is -2.89. The van der Waals surface area contributed by atoms with Crippen LogP contribution in [0.5, 0.6) is 0 Å². The number of benzene rings is 1. The van der Waals surface area contributed by atoms with Crippen molar-refractivity contribution in [3.8, 4) is 0 Å². The van der Waals surface area contributed by atoms with Crippen molar-refractivity contribution >= 4 is 17.6 Å². The number of aromatic nitrogens is 1. The van der Waals surface area contributed by atoms with E-state index in [1.54, 1.807) is 6.20 Å². The van der Waals surface area contributed by atoms with E-state index in [-0.39, 0.29) is 17.9 Å². The van der Waals surface area contributed by atoms with E-state index in [0.717, 1.165) is 38.3 Å². The van der Waals surface area contributed by atoms with E-state index in [0.29, 0.717) is 17.8 Å². The van der Waals surface area contributed by atoms with Gasteiger partial charge in [-0.25, -0.2) is 4.79 Å². The predicted molar refractivity (Wildman–Crippen MR) is 122 cm³/mol. The summed E-state index contributed by atoms with van der Waals surface area (Å²) in [5.74, 6) is 1.42. The SMILES string of the molecule is CC(C)C(C)C(=O)N1CCC(c2ccc(NC(=O)N3CC(c4cccnc4)C3)cc2)C1. The van der Waals surface area contributed by atoms with E-state index in [4.69, 9.17) is 0 Å². The first-order chi connectivity index (χ1) is 14.9. The molecule has 2 atom stereocenters. The number of nitrogens with one attached hydrogen (secondary N) is 1. The lowest BCUT2D eigenvalue weighted by atomic mass is 9.93. The van der Waals surface area contributed by atoms with Gasteiger partial charge < -0.3 is 15.1 Å². The monoisotopic (exact) mass is 420 g/mol. The highest BCUT2D eigenvalue weighted by molar-refractivity contribution is 5.90. The molecule has 31 heavy (non-hydrogen) atoms. The zero-order chi connectivity index (χ0) is 22.0. The molecule has 6 nitrogen and oxygen atoms in total. The molecule has 2 aromatic rings. The lowest BCUT2D eigenvalue weighted by Crippen LogP contribution is -2.50. The number of urea groups is 1. The van der Waals surface area contributed by atoms with Crippen LogP contribution in [0.1, 0.15) is 50.2 Å². The van der Waals surface area contributed by atoms with Gasteiger partial charge in [-0.15, -0.1) is 0 Å². The molecule has 1 N–H and O–H groups in total. The number of carbonyl (C=O) groups excluding carboxylic acids is 2. The minimum Gasteiger partial charge on any atom is -0.342 e. The van der Waals surface area contributed by atoms with Crippen LogP contribution in [0.25, 0.3) is 0 Å². The summed E-state index contributed by atoms with van der Waals surface area (Å²) in [6.07, 6.45) is 4.63. The van der Waals surface area contributed by atoms with Gasteiger partial charge in [-0.3, -0.25) is 9.78 Å². The van der Waals surface area contributed by atoms with E-state index >= 15 is 0 Å². The Labute approximate surface area is 184 Å². The third kappa shape index (κ3) is 4.73. The molecule has 1 aromatic heterocycles. The lowest BCUT2D eigenvalue weighted by Gasteiger charge is -2.39. The molecule has 1 aromatic carbocycles. The standard InChI is InChI=1S/C25H32N4O2/c1-17(2)18(3)24(30)28-12-10-21(14-28)19-6-8-23(9-7-19)27-25(31)29-15-22(16-29)20-5-4-11-26-13-20/h4-9,11,13,17-18,21-22H,10,12,14-16H2,1-3H3,(H,27,31). The van der Waals surface area contributed by atoms with Crippen molar-refractivity contribution in [1.29, 1.82) is 0 Å². The molecule has 3 amide bonds. The molecule has 0 radical (unpaired) electrons. The fourth-order valence-corrected chi connectivity index (χ4v) is 4.32. The molecule has 4 rings (SSSR count).